The summed E-state index contributed by atoms with van der Waals surface area (Å²) in [6.07, 6.45) is 2.29. The molecular weight excluding hydrogens is 208 g/mol. The van der Waals surface area contributed by atoms with Crippen LogP contribution in [0.1, 0.15) is 31.4 Å². The van der Waals surface area contributed by atoms with Gasteiger partial charge in [0.2, 0.25) is 0 Å². The largest absolute Gasteiger partial charge is 0.327 e. The SMILES string of the molecule is CC(C)CC(N)CN1CCc2ccccc2C1. The summed E-state index contributed by atoms with van der Waals surface area (Å²) in [6.45, 7) is 7.74. The first-order chi connectivity index (χ1) is 8.15. The van der Waals surface area contributed by atoms with E-state index in [4.69, 9.17) is 5.73 Å². The first-order valence-corrected chi connectivity index (χ1v) is 6.70. The first-order valence-electron chi connectivity index (χ1n) is 6.70. The minimum atomic E-state index is 0.320. The number of rotatable bonds is 4. The fraction of sp³-hybridized carbons (Fsp3) is 0.600. The van der Waals surface area contributed by atoms with Crippen LogP contribution in [0.2, 0.25) is 0 Å². The van der Waals surface area contributed by atoms with Crippen LogP contribution in [0.15, 0.2) is 24.3 Å². The minimum absolute atomic E-state index is 0.320. The van der Waals surface area contributed by atoms with E-state index < -0.39 is 0 Å². The molecule has 2 nitrogen and oxygen atoms in total. The molecular formula is C15H24N2. The fourth-order valence-corrected chi connectivity index (χ4v) is 2.72. The zero-order valence-corrected chi connectivity index (χ0v) is 11.0. The van der Waals surface area contributed by atoms with Crippen molar-refractivity contribution in [3.05, 3.63) is 35.4 Å². The molecule has 0 fully saturated rings. The Labute approximate surface area is 105 Å². The van der Waals surface area contributed by atoms with Crippen molar-refractivity contribution >= 4 is 0 Å². The Hall–Kier alpha value is -0.860. The molecule has 0 saturated carbocycles. The van der Waals surface area contributed by atoms with Gasteiger partial charge < -0.3 is 5.73 Å². The highest BCUT2D eigenvalue weighted by Gasteiger charge is 2.17. The Bertz CT molecular complexity index is 360. The van der Waals surface area contributed by atoms with Gasteiger partial charge in [0.25, 0.3) is 0 Å². The predicted molar refractivity (Wildman–Crippen MR) is 72.9 cm³/mol. The second-order valence-electron chi connectivity index (χ2n) is 5.64. The molecule has 0 radical (unpaired) electrons. The normalized spacial score (nSPS) is 18.1. The molecule has 0 saturated heterocycles. The summed E-state index contributed by atoms with van der Waals surface area (Å²) in [4.78, 5) is 2.50. The third kappa shape index (κ3) is 3.55. The molecule has 1 heterocycles. The van der Waals surface area contributed by atoms with E-state index in [9.17, 15) is 0 Å². The molecule has 0 spiro atoms. The second-order valence-corrected chi connectivity index (χ2v) is 5.64. The smallest absolute Gasteiger partial charge is 0.0237 e. The molecule has 94 valence electrons. The molecule has 1 aliphatic rings. The predicted octanol–water partition coefficient (Wildman–Crippen LogP) is 2.42. The molecule has 2 heteroatoms. The first kappa shape index (κ1) is 12.6. The molecule has 0 amide bonds. The maximum Gasteiger partial charge on any atom is 0.0237 e. The number of nitrogens with two attached hydrogens (primary N) is 1. The average molecular weight is 232 g/mol. The van der Waals surface area contributed by atoms with Crippen molar-refractivity contribution in [2.24, 2.45) is 11.7 Å². The number of fused-ring (bicyclic) bond motifs is 1. The monoisotopic (exact) mass is 232 g/mol. The highest BCUT2D eigenvalue weighted by Crippen LogP contribution is 2.18. The van der Waals surface area contributed by atoms with E-state index >= 15 is 0 Å². The van der Waals surface area contributed by atoms with Crippen molar-refractivity contribution < 1.29 is 0 Å². The summed E-state index contributed by atoms with van der Waals surface area (Å²) in [7, 11) is 0. The Balaban J connectivity index is 1.90. The summed E-state index contributed by atoms with van der Waals surface area (Å²) < 4.78 is 0. The van der Waals surface area contributed by atoms with E-state index in [0.717, 1.165) is 26.1 Å². The Morgan fingerprint density at radius 1 is 1.24 bits per heavy atom. The van der Waals surface area contributed by atoms with Gasteiger partial charge in [-0.1, -0.05) is 38.1 Å². The van der Waals surface area contributed by atoms with Crippen molar-refractivity contribution in [1.29, 1.82) is 0 Å². The summed E-state index contributed by atoms with van der Waals surface area (Å²) in [5.74, 6) is 0.696. The molecule has 17 heavy (non-hydrogen) atoms. The maximum atomic E-state index is 6.18. The summed E-state index contributed by atoms with van der Waals surface area (Å²) in [5.41, 5.74) is 9.18. The number of hydrogen-bond acceptors (Lipinski definition) is 2. The molecule has 1 aromatic rings. The van der Waals surface area contributed by atoms with Crippen LogP contribution in [0.5, 0.6) is 0 Å². The number of nitrogens with zero attached hydrogens (tertiary/aromatic N) is 1. The van der Waals surface area contributed by atoms with E-state index in [1.54, 1.807) is 0 Å². The van der Waals surface area contributed by atoms with Gasteiger partial charge in [0.15, 0.2) is 0 Å². The van der Waals surface area contributed by atoms with Gasteiger partial charge in [-0.3, -0.25) is 4.90 Å². The molecule has 0 aromatic heterocycles. The van der Waals surface area contributed by atoms with Gasteiger partial charge in [0, 0.05) is 25.7 Å². The van der Waals surface area contributed by atoms with E-state index in [1.807, 2.05) is 0 Å². The lowest BCUT2D eigenvalue weighted by Gasteiger charge is -2.31. The van der Waals surface area contributed by atoms with Gasteiger partial charge in [0.05, 0.1) is 0 Å². The van der Waals surface area contributed by atoms with Crippen molar-refractivity contribution in [2.45, 2.75) is 39.3 Å². The molecule has 2 N–H and O–H groups in total. The molecule has 2 rings (SSSR count). The molecule has 1 aromatic carbocycles. The topological polar surface area (TPSA) is 29.3 Å². The maximum absolute atomic E-state index is 6.18. The van der Waals surface area contributed by atoms with Crippen LogP contribution in [0.25, 0.3) is 0 Å². The van der Waals surface area contributed by atoms with Crippen molar-refractivity contribution in [3.63, 3.8) is 0 Å². The van der Waals surface area contributed by atoms with Crippen molar-refractivity contribution in [2.75, 3.05) is 13.1 Å². The Morgan fingerprint density at radius 2 is 1.94 bits per heavy atom. The highest BCUT2D eigenvalue weighted by atomic mass is 15.1. The van der Waals surface area contributed by atoms with Crippen LogP contribution in [0, 0.1) is 5.92 Å². The van der Waals surface area contributed by atoms with Crippen LogP contribution >= 0.6 is 0 Å². The third-order valence-corrected chi connectivity index (χ3v) is 3.48. The summed E-state index contributed by atoms with van der Waals surface area (Å²) in [5, 5.41) is 0. The molecule has 1 aliphatic heterocycles. The summed E-state index contributed by atoms with van der Waals surface area (Å²) in [6, 6.07) is 9.09. The zero-order valence-electron chi connectivity index (χ0n) is 11.0. The van der Waals surface area contributed by atoms with Crippen molar-refractivity contribution in [1.82, 2.24) is 4.90 Å². The van der Waals surface area contributed by atoms with Crippen molar-refractivity contribution in [3.8, 4) is 0 Å². The highest BCUT2D eigenvalue weighted by molar-refractivity contribution is 5.29. The Kier molecular flexibility index (Phi) is 4.19. The van der Waals surface area contributed by atoms with Gasteiger partial charge in [-0.05, 0) is 29.9 Å². The third-order valence-electron chi connectivity index (χ3n) is 3.48. The van der Waals surface area contributed by atoms with Gasteiger partial charge in [0.1, 0.15) is 0 Å². The fourth-order valence-electron chi connectivity index (χ4n) is 2.72. The van der Waals surface area contributed by atoms with Gasteiger partial charge in [-0.2, -0.15) is 0 Å². The quantitative estimate of drug-likeness (QED) is 0.864. The lowest BCUT2D eigenvalue weighted by atomic mass is 9.98. The second kappa shape index (κ2) is 5.65. The molecule has 1 unspecified atom stereocenters. The lowest BCUT2D eigenvalue weighted by Crippen LogP contribution is -2.40. The van der Waals surface area contributed by atoms with E-state index in [-0.39, 0.29) is 0 Å². The van der Waals surface area contributed by atoms with E-state index in [0.29, 0.717) is 12.0 Å². The van der Waals surface area contributed by atoms with E-state index in [1.165, 1.54) is 17.5 Å². The van der Waals surface area contributed by atoms with Gasteiger partial charge in [-0.25, -0.2) is 0 Å². The minimum Gasteiger partial charge on any atom is -0.327 e. The van der Waals surface area contributed by atoms with E-state index in [2.05, 4.69) is 43.0 Å². The van der Waals surface area contributed by atoms with Crippen LogP contribution in [-0.4, -0.2) is 24.0 Å². The molecule has 1 atom stereocenters. The van der Waals surface area contributed by atoms with Gasteiger partial charge in [-0.15, -0.1) is 0 Å². The molecule has 0 bridgehead atoms. The van der Waals surface area contributed by atoms with Crippen LogP contribution in [-0.2, 0) is 13.0 Å². The van der Waals surface area contributed by atoms with Gasteiger partial charge >= 0.3 is 0 Å². The number of benzene rings is 1. The zero-order chi connectivity index (χ0) is 12.3. The van der Waals surface area contributed by atoms with Crippen LogP contribution in [0.3, 0.4) is 0 Å². The standard InChI is InChI=1S/C15H24N2/c1-12(2)9-15(16)11-17-8-7-13-5-3-4-6-14(13)10-17/h3-6,12,15H,7-11,16H2,1-2H3. The average Bonchev–Trinajstić information content (AvgIpc) is 2.27. The Morgan fingerprint density at radius 3 is 2.65 bits per heavy atom. The summed E-state index contributed by atoms with van der Waals surface area (Å²) >= 11 is 0. The van der Waals surface area contributed by atoms with Crippen LogP contribution in [0.4, 0.5) is 0 Å². The van der Waals surface area contributed by atoms with Crippen LogP contribution < -0.4 is 5.73 Å². The lowest BCUT2D eigenvalue weighted by molar-refractivity contribution is 0.229. The number of hydrogen-bond donors (Lipinski definition) is 1. The molecule has 0 aliphatic carbocycles.